The van der Waals surface area contributed by atoms with Gasteiger partial charge in [0.15, 0.2) is 0 Å². The van der Waals surface area contributed by atoms with Gasteiger partial charge in [-0.05, 0) is 33.6 Å². The zero-order valence-electron chi connectivity index (χ0n) is 11.2. The number of hydrogen-bond acceptors (Lipinski definition) is 3. The summed E-state index contributed by atoms with van der Waals surface area (Å²) in [5.74, 6) is 0.276. The van der Waals surface area contributed by atoms with E-state index in [1.165, 1.54) is 11.8 Å². The van der Waals surface area contributed by atoms with E-state index in [0.717, 1.165) is 0 Å². The van der Waals surface area contributed by atoms with E-state index < -0.39 is 11.7 Å². The van der Waals surface area contributed by atoms with Crippen LogP contribution in [-0.2, 0) is 9.53 Å². The van der Waals surface area contributed by atoms with Crippen LogP contribution in [0.15, 0.2) is 0 Å². The number of amides is 1. The summed E-state index contributed by atoms with van der Waals surface area (Å²) in [6.07, 6.45) is -0.420. The summed E-state index contributed by atoms with van der Waals surface area (Å²) in [4.78, 5) is 24.3. The van der Waals surface area contributed by atoms with E-state index in [1.54, 1.807) is 0 Å². The van der Waals surface area contributed by atoms with Gasteiger partial charge in [0.2, 0.25) is 0 Å². The first kappa shape index (κ1) is 14.9. The van der Waals surface area contributed by atoms with Crippen molar-refractivity contribution in [2.45, 2.75) is 47.1 Å². The third-order valence-electron chi connectivity index (χ3n) is 1.65. The fourth-order valence-electron chi connectivity index (χ4n) is 1.24. The maximum atomic E-state index is 11.8. The Hall–Kier alpha value is -1.06. The van der Waals surface area contributed by atoms with Crippen LogP contribution >= 0.6 is 0 Å². The molecular weight excluding hydrogens is 206 g/mol. The molecule has 4 nitrogen and oxygen atoms in total. The van der Waals surface area contributed by atoms with Crippen molar-refractivity contribution in [3.05, 3.63) is 0 Å². The number of rotatable bonds is 4. The van der Waals surface area contributed by atoms with Crippen LogP contribution in [0, 0.1) is 5.92 Å². The molecule has 0 radical (unpaired) electrons. The van der Waals surface area contributed by atoms with Crippen molar-refractivity contribution in [2.24, 2.45) is 5.92 Å². The van der Waals surface area contributed by atoms with E-state index in [1.807, 2.05) is 34.6 Å². The first-order valence-corrected chi connectivity index (χ1v) is 5.59. The Balaban J connectivity index is 4.49. The first-order valence-electron chi connectivity index (χ1n) is 5.59. The van der Waals surface area contributed by atoms with Crippen molar-refractivity contribution in [3.63, 3.8) is 0 Å². The largest absolute Gasteiger partial charge is 0.444 e. The summed E-state index contributed by atoms with van der Waals surface area (Å²) < 4.78 is 5.24. The number of hydrogen-bond donors (Lipinski definition) is 0. The number of carbonyl (C=O) groups excluding carboxylic acids is 2. The van der Waals surface area contributed by atoms with Crippen LogP contribution in [0.25, 0.3) is 0 Å². The van der Waals surface area contributed by atoms with Crippen molar-refractivity contribution in [1.29, 1.82) is 0 Å². The summed E-state index contributed by atoms with van der Waals surface area (Å²) in [6, 6.07) is 0. The minimum atomic E-state index is -0.525. The van der Waals surface area contributed by atoms with Gasteiger partial charge in [-0.25, -0.2) is 4.79 Å². The highest BCUT2D eigenvalue weighted by Crippen LogP contribution is 2.11. The molecule has 0 atom stereocenters. The number of Topliss-reactive ketones (excluding diaryl/α,β-unsaturated/α-hetero) is 1. The van der Waals surface area contributed by atoms with Gasteiger partial charge < -0.3 is 9.64 Å². The number of ether oxygens (including phenoxy) is 1. The predicted octanol–water partition coefficient (Wildman–Crippen LogP) is 2.47. The quantitative estimate of drug-likeness (QED) is 0.744. The molecule has 0 aromatic rings. The van der Waals surface area contributed by atoms with Gasteiger partial charge in [0.05, 0.1) is 6.54 Å². The summed E-state index contributed by atoms with van der Waals surface area (Å²) in [7, 11) is 0. The fourth-order valence-corrected chi connectivity index (χ4v) is 1.24. The van der Waals surface area contributed by atoms with Crippen LogP contribution in [0.1, 0.15) is 41.5 Å². The van der Waals surface area contributed by atoms with Gasteiger partial charge in [-0.2, -0.15) is 0 Å². The van der Waals surface area contributed by atoms with Crippen molar-refractivity contribution in [1.82, 2.24) is 4.90 Å². The van der Waals surface area contributed by atoms with Gasteiger partial charge in [-0.15, -0.1) is 0 Å². The molecule has 0 aliphatic carbocycles. The lowest BCUT2D eigenvalue weighted by Gasteiger charge is -2.27. The lowest BCUT2D eigenvalue weighted by Crippen LogP contribution is -2.41. The Bertz CT molecular complexity index is 253. The molecule has 0 fully saturated rings. The zero-order chi connectivity index (χ0) is 12.9. The van der Waals surface area contributed by atoms with Crippen LogP contribution < -0.4 is 0 Å². The number of nitrogens with zero attached hydrogens (tertiary/aromatic N) is 1. The van der Waals surface area contributed by atoms with Crippen LogP contribution in [-0.4, -0.2) is 35.5 Å². The first-order chi connectivity index (χ1) is 7.11. The topological polar surface area (TPSA) is 46.6 Å². The van der Waals surface area contributed by atoms with E-state index in [4.69, 9.17) is 4.74 Å². The average molecular weight is 229 g/mol. The fraction of sp³-hybridized carbons (Fsp3) is 0.833. The van der Waals surface area contributed by atoms with E-state index in [2.05, 4.69) is 0 Å². The van der Waals surface area contributed by atoms with Crippen molar-refractivity contribution in [3.8, 4) is 0 Å². The minimum Gasteiger partial charge on any atom is -0.444 e. The van der Waals surface area contributed by atoms with Crippen LogP contribution in [0.5, 0.6) is 0 Å². The van der Waals surface area contributed by atoms with E-state index in [9.17, 15) is 9.59 Å². The molecule has 4 heteroatoms. The SMILES string of the molecule is CC(=O)CN(CC(C)C)C(=O)OC(C)(C)C. The maximum absolute atomic E-state index is 11.8. The molecule has 0 saturated heterocycles. The van der Waals surface area contributed by atoms with Crippen LogP contribution in [0.2, 0.25) is 0 Å². The van der Waals surface area contributed by atoms with Gasteiger partial charge in [0.1, 0.15) is 11.4 Å². The lowest BCUT2D eigenvalue weighted by molar-refractivity contribution is -0.118. The molecule has 0 N–H and O–H groups in total. The Kier molecular flexibility index (Phi) is 5.48. The Morgan fingerprint density at radius 1 is 1.25 bits per heavy atom. The van der Waals surface area contributed by atoms with Gasteiger partial charge in [-0.1, -0.05) is 13.8 Å². The second-order valence-electron chi connectivity index (χ2n) is 5.46. The highest BCUT2D eigenvalue weighted by Gasteiger charge is 2.23. The monoisotopic (exact) mass is 229 g/mol. The van der Waals surface area contributed by atoms with E-state index >= 15 is 0 Å². The molecule has 0 aliphatic rings. The second kappa shape index (κ2) is 5.87. The third kappa shape index (κ3) is 7.26. The lowest BCUT2D eigenvalue weighted by atomic mass is 10.2. The average Bonchev–Trinajstić information content (AvgIpc) is 1.97. The molecule has 94 valence electrons. The Morgan fingerprint density at radius 3 is 2.06 bits per heavy atom. The van der Waals surface area contributed by atoms with Gasteiger partial charge in [0, 0.05) is 6.54 Å². The second-order valence-corrected chi connectivity index (χ2v) is 5.46. The molecule has 0 saturated carbocycles. The normalized spacial score (nSPS) is 11.4. The molecule has 1 amide bonds. The Morgan fingerprint density at radius 2 is 1.75 bits per heavy atom. The zero-order valence-corrected chi connectivity index (χ0v) is 11.2. The molecule has 0 bridgehead atoms. The predicted molar refractivity (Wildman–Crippen MR) is 63.3 cm³/mol. The van der Waals surface area contributed by atoms with Crippen molar-refractivity contribution in [2.75, 3.05) is 13.1 Å². The molecule has 16 heavy (non-hydrogen) atoms. The van der Waals surface area contributed by atoms with Gasteiger partial charge in [0.25, 0.3) is 0 Å². The summed E-state index contributed by atoms with van der Waals surface area (Å²) >= 11 is 0. The summed E-state index contributed by atoms with van der Waals surface area (Å²) in [5.41, 5.74) is -0.525. The van der Waals surface area contributed by atoms with E-state index in [0.29, 0.717) is 12.5 Å². The smallest absolute Gasteiger partial charge is 0.410 e. The molecular formula is C12H23NO3. The summed E-state index contributed by atoms with van der Waals surface area (Å²) in [6.45, 7) is 11.6. The van der Waals surface area contributed by atoms with Gasteiger partial charge in [-0.3, -0.25) is 4.79 Å². The maximum Gasteiger partial charge on any atom is 0.410 e. The number of ketones is 1. The summed E-state index contributed by atoms with van der Waals surface area (Å²) in [5, 5.41) is 0. The molecule has 0 aromatic carbocycles. The standard InChI is InChI=1S/C12H23NO3/c1-9(2)7-13(8-10(3)14)11(15)16-12(4,5)6/h9H,7-8H2,1-6H3. The van der Waals surface area contributed by atoms with E-state index in [-0.39, 0.29) is 12.3 Å². The van der Waals surface area contributed by atoms with Crippen molar-refractivity contribution < 1.29 is 14.3 Å². The van der Waals surface area contributed by atoms with Gasteiger partial charge >= 0.3 is 6.09 Å². The molecule has 0 aliphatic heterocycles. The third-order valence-corrected chi connectivity index (χ3v) is 1.65. The van der Waals surface area contributed by atoms with Crippen LogP contribution in [0.4, 0.5) is 4.79 Å². The highest BCUT2D eigenvalue weighted by atomic mass is 16.6. The van der Waals surface area contributed by atoms with Crippen LogP contribution in [0.3, 0.4) is 0 Å². The minimum absolute atomic E-state index is 0.0356. The number of carbonyl (C=O) groups is 2. The van der Waals surface area contributed by atoms with Crippen molar-refractivity contribution >= 4 is 11.9 Å². The molecule has 0 heterocycles. The molecule has 0 spiro atoms. The Labute approximate surface area is 98.0 Å². The molecule has 0 unspecified atom stereocenters. The molecule has 0 aromatic heterocycles. The molecule has 0 rings (SSSR count). The highest BCUT2D eigenvalue weighted by molar-refractivity contribution is 5.82.